The Bertz CT molecular complexity index is 568. The minimum Gasteiger partial charge on any atom is -0.488 e. The monoisotopic (exact) mass is 262 g/mol. The lowest BCUT2D eigenvalue weighted by Gasteiger charge is -2.08. The average molecular weight is 262 g/mol. The molecule has 0 saturated heterocycles. The first kappa shape index (κ1) is 13.2. The van der Waals surface area contributed by atoms with E-state index in [9.17, 15) is 13.6 Å². The quantitative estimate of drug-likeness (QED) is 0.766. The number of halogens is 2. The van der Waals surface area contributed by atoms with Crippen LogP contribution in [0, 0.1) is 0 Å². The molecule has 0 amide bonds. The van der Waals surface area contributed by atoms with Crippen LogP contribution in [0.2, 0.25) is 0 Å². The maximum atomic E-state index is 12.1. The second-order valence-corrected chi connectivity index (χ2v) is 3.97. The summed E-state index contributed by atoms with van der Waals surface area (Å²) in [5, 5.41) is 0. The van der Waals surface area contributed by atoms with E-state index in [0.29, 0.717) is 11.3 Å². The summed E-state index contributed by atoms with van der Waals surface area (Å²) in [6.07, 6.45) is -1.73. The largest absolute Gasteiger partial charge is 0.488 e. The molecule has 0 aliphatic rings. The number of hydrogen-bond donors (Lipinski definition) is 0. The Balaban J connectivity index is 2.24. The summed E-state index contributed by atoms with van der Waals surface area (Å²) in [5.74, 6) is 0.384. The van der Waals surface area contributed by atoms with Gasteiger partial charge in [-0.05, 0) is 29.3 Å². The van der Waals surface area contributed by atoms with Gasteiger partial charge in [-0.2, -0.15) is 0 Å². The molecule has 0 heterocycles. The van der Waals surface area contributed by atoms with Crippen LogP contribution in [-0.2, 0) is 0 Å². The molecule has 2 nitrogen and oxygen atoms in total. The molecule has 2 aromatic carbocycles. The van der Waals surface area contributed by atoms with Gasteiger partial charge >= 0.3 is 0 Å². The number of rotatable bonds is 5. The Morgan fingerprint density at radius 2 is 1.74 bits per heavy atom. The molecule has 0 fully saturated rings. The smallest absolute Gasteiger partial charge is 0.272 e. The fourth-order valence-electron chi connectivity index (χ4n) is 1.72. The van der Waals surface area contributed by atoms with E-state index in [4.69, 9.17) is 4.74 Å². The van der Waals surface area contributed by atoms with Gasteiger partial charge in [-0.1, -0.05) is 30.3 Å². The van der Waals surface area contributed by atoms with Crippen LogP contribution < -0.4 is 4.74 Å². The molecule has 19 heavy (non-hydrogen) atoms. The molecular formula is C15H12F2O2. The lowest BCUT2D eigenvalue weighted by atomic mass is 10.0. The Hall–Kier alpha value is -2.23. The van der Waals surface area contributed by atoms with Crippen molar-refractivity contribution in [3.05, 3.63) is 54.1 Å². The van der Waals surface area contributed by atoms with Crippen molar-refractivity contribution < 1.29 is 18.3 Å². The SMILES string of the molecule is O=Cc1cccc(-c2cccc(OCC(F)F)c2)c1. The first-order valence-electron chi connectivity index (χ1n) is 5.75. The molecule has 0 atom stereocenters. The Kier molecular flexibility index (Phi) is 4.23. The van der Waals surface area contributed by atoms with Crippen molar-refractivity contribution in [2.75, 3.05) is 6.61 Å². The van der Waals surface area contributed by atoms with Gasteiger partial charge in [0.2, 0.25) is 0 Å². The van der Waals surface area contributed by atoms with Crippen molar-refractivity contribution in [2.45, 2.75) is 6.43 Å². The van der Waals surface area contributed by atoms with Gasteiger partial charge in [0.1, 0.15) is 18.6 Å². The summed E-state index contributed by atoms with van der Waals surface area (Å²) in [6.45, 7) is -0.627. The first-order valence-corrected chi connectivity index (χ1v) is 5.75. The summed E-state index contributed by atoms with van der Waals surface area (Å²) in [4.78, 5) is 10.7. The normalized spacial score (nSPS) is 10.5. The van der Waals surface area contributed by atoms with Crippen LogP contribution >= 0.6 is 0 Å². The third-order valence-electron chi connectivity index (χ3n) is 2.57. The highest BCUT2D eigenvalue weighted by molar-refractivity contribution is 5.79. The number of alkyl halides is 2. The predicted molar refractivity (Wildman–Crippen MR) is 68.8 cm³/mol. The van der Waals surface area contributed by atoms with E-state index >= 15 is 0 Å². The van der Waals surface area contributed by atoms with Gasteiger partial charge in [-0.3, -0.25) is 4.79 Å². The summed E-state index contributed by atoms with van der Waals surface area (Å²) >= 11 is 0. The Morgan fingerprint density at radius 1 is 1.05 bits per heavy atom. The lowest BCUT2D eigenvalue weighted by Crippen LogP contribution is -2.06. The Labute approximate surface area is 109 Å². The van der Waals surface area contributed by atoms with E-state index in [1.165, 1.54) is 0 Å². The zero-order valence-electron chi connectivity index (χ0n) is 10.1. The molecule has 2 aromatic rings. The summed E-state index contributed by atoms with van der Waals surface area (Å²) < 4.78 is 29.1. The van der Waals surface area contributed by atoms with Gasteiger partial charge in [0.05, 0.1) is 0 Å². The lowest BCUT2D eigenvalue weighted by molar-refractivity contribution is 0.0819. The van der Waals surface area contributed by atoms with Crippen LogP contribution in [0.3, 0.4) is 0 Å². The first-order chi connectivity index (χ1) is 9.19. The third kappa shape index (κ3) is 3.61. The molecule has 4 heteroatoms. The van der Waals surface area contributed by atoms with Crippen LogP contribution in [0.15, 0.2) is 48.5 Å². The van der Waals surface area contributed by atoms with Crippen LogP contribution in [0.4, 0.5) is 8.78 Å². The maximum absolute atomic E-state index is 12.1. The zero-order valence-corrected chi connectivity index (χ0v) is 10.1. The van der Waals surface area contributed by atoms with E-state index in [1.807, 2.05) is 12.1 Å². The van der Waals surface area contributed by atoms with Crippen LogP contribution in [0.25, 0.3) is 11.1 Å². The molecule has 0 radical (unpaired) electrons. The molecule has 0 unspecified atom stereocenters. The topological polar surface area (TPSA) is 26.3 Å². The van der Waals surface area contributed by atoms with Crippen LogP contribution in [-0.4, -0.2) is 19.3 Å². The fourth-order valence-corrected chi connectivity index (χ4v) is 1.72. The van der Waals surface area contributed by atoms with Crippen LogP contribution in [0.5, 0.6) is 5.75 Å². The molecule has 0 saturated carbocycles. The second-order valence-electron chi connectivity index (χ2n) is 3.97. The molecule has 0 aromatic heterocycles. The molecule has 0 spiro atoms. The Morgan fingerprint density at radius 3 is 2.42 bits per heavy atom. The van der Waals surface area contributed by atoms with Gasteiger partial charge in [-0.15, -0.1) is 0 Å². The molecule has 98 valence electrons. The van der Waals surface area contributed by atoms with Crippen LogP contribution in [0.1, 0.15) is 10.4 Å². The van der Waals surface area contributed by atoms with Gasteiger partial charge < -0.3 is 4.74 Å². The molecule has 0 aliphatic carbocycles. The molecule has 0 N–H and O–H groups in total. The predicted octanol–water partition coefficient (Wildman–Crippen LogP) is 3.81. The van der Waals surface area contributed by atoms with E-state index in [0.717, 1.165) is 17.4 Å². The average Bonchev–Trinajstić information content (AvgIpc) is 2.45. The maximum Gasteiger partial charge on any atom is 0.272 e. The number of carbonyl (C=O) groups is 1. The summed E-state index contributed by atoms with van der Waals surface area (Å²) in [7, 11) is 0. The van der Waals surface area contributed by atoms with Gasteiger partial charge in [0.15, 0.2) is 0 Å². The van der Waals surface area contributed by atoms with Crippen molar-refractivity contribution in [1.82, 2.24) is 0 Å². The third-order valence-corrected chi connectivity index (χ3v) is 2.57. The zero-order chi connectivity index (χ0) is 13.7. The van der Waals surface area contributed by atoms with Gasteiger partial charge in [0.25, 0.3) is 6.43 Å². The van der Waals surface area contributed by atoms with E-state index in [1.54, 1.807) is 36.4 Å². The van der Waals surface area contributed by atoms with Gasteiger partial charge in [-0.25, -0.2) is 8.78 Å². The number of aldehydes is 1. The highest BCUT2D eigenvalue weighted by Crippen LogP contribution is 2.24. The van der Waals surface area contributed by atoms with E-state index in [-0.39, 0.29) is 0 Å². The number of carbonyl (C=O) groups excluding carboxylic acids is 1. The molecular weight excluding hydrogens is 250 g/mol. The number of hydrogen-bond acceptors (Lipinski definition) is 2. The summed E-state index contributed by atoms with van der Waals surface area (Å²) in [6, 6.07) is 13.9. The fraction of sp³-hybridized carbons (Fsp3) is 0.133. The van der Waals surface area contributed by atoms with Crippen molar-refractivity contribution in [3.63, 3.8) is 0 Å². The van der Waals surface area contributed by atoms with E-state index in [2.05, 4.69) is 0 Å². The molecule has 0 bridgehead atoms. The van der Waals surface area contributed by atoms with Gasteiger partial charge in [0, 0.05) is 5.56 Å². The standard InChI is InChI=1S/C15H12F2O2/c16-15(17)10-19-14-6-2-5-13(8-14)12-4-1-3-11(7-12)9-18/h1-9,15H,10H2. The number of ether oxygens (including phenoxy) is 1. The minimum atomic E-state index is -2.50. The van der Waals surface area contributed by atoms with Crippen molar-refractivity contribution >= 4 is 6.29 Å². The highest BCUT2D eigenvalue weighted by atomic mass is 19.3. The van der Waals surface area contributed by atoms with E-state index < -0.39 is 13.0 Å². The van der Waals surface area contributed by atoms with Crippen molar-refractivity contribution in [2.24, 2.45) is 0 Å². The highest BCUT2D eigenvalue weighted by Gasteiger charge is 2.05. The van der Waals surface area contributed by atoms with Crippen molar-refractivity contribution in [3.8, 4) is 16.9 Å². The number of benzene rings is 2. The molecule has 2 rings (SSSR count). The molecule has 0 aliphatic heterocycles. The van der Waals surface area contributed by atoms with Crippen molar-refractivity contribution in [1.29, 1.82) is 0 Å². The minimum absolute atomic E-state index is 0.384. The summed E-state index contributed by atoms with van der Waals surface area (Å²) in [5.41, 5.74) is 2.22. The second kappa shape index (κ2) is 6.09.